The Labute approximate surface area is 181 Å². The van der Waals surface area contributed by atoms with Crippen molar-refractivity contribution < 1.29 is 18.8 Å². The quantitative estimate of drug-likeness (QED) is 0.591. The number of ether oxygens (including phenoxy) is 2. The van der Waals surface area contributed by atoms with Gasteiger partial charge >= 0.3 is 0 Å². The number of nitrogens with zero attached hydrogens (tertiary/aromatic N) is 2. The summed E-state index contributed by atoms with van der Waals surface area (Å²) in [5, 5.41) is 6.96. The first-order valence-electron chi connectivity index (χ1n) is 10.6. The molecular weight excluding hydrogens is 394 g/mol. The molecule has 7 heteroatoms. The first-order valence-corrected chi connectivity index (χ1v) is 10.6. The Morgan fingerprint density at radius 2 is 2.06 bits per heavy atom. The van der Waals surface area contributed by atoms with Gasteiger partial charge in [0, 0.05) is 42.5 Å². The molecule has 0 bridgehead atoms. The molecule has 1 atom stereocenters. The highest BCUT2D eigenvalue weighted by Gasteiger charge is 2.22. The average molecular weight is 421 g/mol. The van der Waals surface area contributed by atoms with Crippen LogP contribution in [0.3, 0.4) is 0 Å². The molecule has 0 radical (unpaired) electrons. The van der Waals surface area contributed by atoms with Gasteiger partial charge in [-0.3, -0.25) is 4.79 Å². The highest BCUT2D eigenvalue weighted by molar-refractivity contribution is 5.76. The Hall–Kier alpha value is -3.35. The molecule has 2 aromatic carbocycles. The molecule has 1 aliphatic heterocycles. The van der Waals surface area contributed by atoms with E-state index in [1.807, 2.05) is 57.2 Å². The van der Waals surface area contributed by atoms with Crippen molar-refractivity contribution in [3.63, 3.8) is 0 Å². The highest BCUT2D eigenvalue weighted by atomic mass is 16.5. The van der Waals surface area contributed by atoms with Gasteiger partial charge in [-0.05, 0) is 32.9 Å². The number of hydrogen-bond acceptors (Lipinski definition) is 6. The summed E-state index contributed by atoms with van der Waals surface area (Å²) in [6.07, 6.45) is 1.68. The van der Waals surface area contributed by atoms with Gasteiger partial charge in [-0.25, -0.2) is 0 Å². The van der Waals surface area contributed by atoms with Gasteiger partial charge < -0.3 is 19.3 Å². The van der Waals surface area contributed by atoms with Gasteiger partial charge in [0.05, 0.1) is 6.61 Å². The molecule has 1 amide bonds. The molecule has 1 unspecified atom stereocenters. The second-order valence-electron chi connectivity index (χ2n) is 7.79. The Morgan fingerprint density at radius 3 is 2.84 bits per heavy atom. The average Bonchev–Trinajstić information content (AvgIpc) is 3.37. The zero-order valence-electron chi connectivity index (χ0n) is 18.1. The molecule has 7 nitrogen and oxygen atoms in total. The third-order valence-electron chi connectivity index (χ3n) is 5.20. The summed E-state index contributed by atoms with van der Waals surface area (Å²) >= 11 is 0. The van der Waals surface area contributed by atoms with Crippen molar-refractivity contribution in [1.29, 1.82) is 0 Å². The lowest BCUT2D eigenvalue weighted by Gasteiger charge is -2.13. The van der Waals surface area contributed by atoms with Crippen LogP contribution in [0.25, 0.3) is 11.4 Å². The van der Waals surface area contributed by atoms with E-state index in [1.165, 1.54) is 5.56 Å². The van der Waals surface area contributed by atoms with E-state index in [1.54, 1.807) is 0 Å². The molecule has 4 rings (SSSR count). The predicted molar refractivity (Wildman–Crippen MR) is 116 cm³/mol. The minimum Gasteiger partial charge on any atom is -0.494 e. The van der Waals surface area contributed by atoms with Crippen molar-refractivity contribution in [2.45, 2.75) is 52.7 Å². The van der Waals surface area contributed by atoms with E-state index in [4.69, 9.17) is 14.0 Å². The summed E-state index contributed by atoms with van der Waals surface area (Å²) in [6.45, 7) is 6.96. The first-order chi connectivity index (χ1) is 15.0. The van der Waals surface area contributed by atoms with Crippen LogP contribution in [-0.4, -0.2) is 28.8 Å². The minimum atomic E-state index is -0.0904. The standard InChI is InChI=1S/C24H27N3O4/c1-4-29-20-12-18-11-16(3)30-21(18)13-19(20)14-25-22(28)9-10-23-26-24(27-31-23)17-7-5-15(2)6-8-17/h5-8,12-13,16H,4,9-11,14H2,1-3H3,(H,25,28). The Morgan fingerprint density at radius 1 is 1.26 bits per heavy atom. The lowest BCUT2D eigenvalue weighted by Crippen LogP contribution is -2.23. The third-order valence-corrected chi connectivity index (χ3v) is 5.20. The van der Waals surface area contributed by atoms with Gasteiger partial charge in [-0.15, -0.1) is 0 Å². The van der Waals surface area contributed by atoms with Crippen LogP contribution in [-0.2, 0) is 24.2 Å². The number of hydrogen-bond donors (Lipinski definition) is 1. The lowest BCUT2D eigenvalue weighted by molar-refractivity contribution is -0.121. The molecule has 3 aromatic rings. The number of fused-ring (bicyclic) bond motifs is 1. The zero-order chi connectivity index (χ0) is 21.8. The maximum atomic E-state index is 12.4. The molecule has 162 valence electrons. The van der Waals surface area contributed by atoms with Crippen molar-refractivity contribution in [2.75, 3.05) is 6.61 Å². The van der Waals surface area contributed by atoms with Crippen LogP contribution in [0, 0.1) is 6.92 Å². The zero-order valence-corrected chi connectivity index (χ0v) is 18.1. The molecule has 0 spiro atoms. The van der Waals surface area contributed by atoms with Crippen LogP contribution < -0.4 is 14.8 Å². The van der Waals surface area contributed by atoms with Crippen LogP contribution in [0.4, 0.5) is 0 Å². The van der Waals surface area contributed by atoms with Gasteiger partial charge in [-0.2, -0.15) is 4.98 Å². The van der Waals surface area contributed by atoms with Crippen molar-refractivity contribution >= 4 is 5.91 Å². The molecule has 1 N–H and O–H groups in total. The van der Waals surface area contributed by atoms with Gasteiger partial charge in [-0.1, -0.05) is 35.0 Å². The summed E-state index contributed by atoms with van der Waals surface area (Å²) in [5.41, 5.74) is 4.11. The molecule has 2 heterocycles. The fourth-order valence-electron chi connectivity index (χ4n) is 3.59. The third kappa shape index (κ3) is 5.05. The summed E-state index contributed by atoms with van der Waals surface area (Å²) in [7, 11) is 0. The molecule has 1 aliphatic rings. The van der Waals surface area contributed by atoms with Crippen molar-refractivity contribution in [2.24, 2.45) is 0 Å². The van der Waals surface area contributed by atoms with Gasteiger partial charge in [0.25, 0.3) is 0 Å². The van der Waals surface area contributed by atoms with E-state index in [0.717, 1.165) is 34.6 Å². The maximum Gasteiger partial charge on any atom is 0.227 e. The molecule has 0 saturated carbocycles. The minimum absolute atomic E-state index is 0.0904. The number of benzene rings is 2. The summed E-state index contributed by atoms with van der Waals surface area (Å²) in [6, 6.07) is 11.9. The number of rotatable bonds is 8. The summed E-state index contributed by atoms with van der Waals surface area (Å²) in [4.78, 5) is 16.8. The molecular formula is C24H27N3O4. The van der Waals surface area contributed by atoms with Crippen molar-refractivity contribution in [3.8, 4) is 22.9 Å². The number of aryl methyl sites for hydroxylation is 2. The molecule has 31 heavy (non-hydrogen) atoms. The van der Waals surface area contributed by atoms with Gasteiger partial charge in [0.2, 0.25) is 17.6 Å². The Balaban J connectivity index is 1.33. The Kier molecular flexibility index (Phi) is 6.21. The van der Waals surface area contributed by atoms with Gasteiger partial charge in [0.15, 0.2) is 0 Å². The number of carbonyl (C=O) groups is 1. The van der Waals surface area contributed by atoms with E-state index < -0.39 is 0 Å². The van der Waals surface area contributed by atoms with Crippen LogP contribution >= 0.6 is 0 Å². The first kappa shape index (κ1) is 20.9. The lowest BCUT2D eigenvalue weighted by atomic mass is 10.1. The van der Waals surface area contributed by atoms with E-state index in [0.29, 0.717) is 31.3 Å². The van der Waals surface area contributed by atoms with Crippen LogP contribution in [0.1, 0.15) is 42.8 Å². The largest absolute Gasteiger partial charge is 0.494 e. The SMILES string of the molecule is CCOc1cc2c(cc1CNC(=O)CCc1nc(-c3ccc(C)cc3)no1)OC(C)C2. The van der Waals surface area contributed by atoms with E-state index in [9.17, 15) is 4.79 Å². The molecule has 0 saturated heterocycles. The monoisotopic (exact) mass is 421 g/mol. The normalized spacial score (nSPS) is 14.7. The van der Waals surface area contributed by atoms with Crippen LogP contribution in [0.5, 0.6) is 11.5 Å². The van der Waals surface area contributed by atoms with Crippen LogP contribution in [0.2, 0.25) is 0 Å². The van der Waals surface area contributed by atoms with E-state index in [-0.39, 0.29) is 18.4 Å². The number of carbonyl (C=O) groups excluding carboxylic acids is 1. The second kappa shape index (κ2) is 9.20. The second-order valence-corrected chi connectivity index (χ2v) is 7.79. The molecule has 1 aromatic heterocycles. The van der Waals surface area contributed by atoms with E-state index >= 15 is 0 Å². The maximum absolute atomic E-state index is 12.4. The highest BCUT2D eigenvalue weighted by Crippen LogP contribution is 2.35. The number of nitrogens with one attached hydrogen (secondary N) is 1. The predicted octanol–water partition coefficient (Wildman–Crippen LogP) is 4.02. The van der Waals surface area contributed by atoms with Crippen molar-refractivity contribution in [3.05, 3.63) is 59.0 Å². The Bertz CT molecular complexity index is 1060. The fourth-order valence-corrected chi connectivity index (χ4v) is 3.59. The smallest absolute Gasteiger partial charge is 0.227 e. The molecule has 0 fully saturated rings. The fraction of sp³-hybridized carbons (Fsp3) is 0.375. The van der Waals surface area contributed by atoms with Crippen molar-refractivity contribution in [1.82, 2.24) is 15.5 Å². The number of aromatic nitrogens is 2. The topological polar surface area (TPSA) is 86.5 Å². The summed E-state index contributed by atoms with van der Waals surface area (Å²) < 4.78 is 16.9. The van der Waals surface area contributed by atoms with E-state index in [2.05, 4.69) is 15.5 Å². The van der Waals surface area contributed by atoms with Crippen LogP contribution in [0.15, 0.2) is 40.9 Å². The number of amides is 1. The summed E-state index contributed by atoms with van der Waals surface area (Å²) in [5.74, 6) is 2.55. The van der Waals surface area contributed by atoms with Gasteiger partial charge in [0.1, 0.15) is 17.6 Å². The molecule has 0 aliphatic carbocycles.